The third-order valence-electron chi connectivity index (χ3n) is 4.48. The normalized spacial score (nSPS) is 15.1. The van der Waals surface area contributed by atoms with Gasteiger partial charge in [-0.05, 0) is 37.8 Å². The summed E-state index contributed by atoms with van der Waals surface area (Å²) in [6, 6.07) is 7.74. The lowest BCUT2D eigenvalue weighted by molar-refractivity contribution is 0.221. The Morgan fingerprint density at radius 2 is 1.88 bits per heavy atom. The zero-order valence-electron chi connectivity index (χ0n) is 15.1. The Bertz CT molecular complexity index is 700. The van der Waals surface area contributed by atoms with E-state index < -0.39 is 0 Å². The lowest BCUT2D eigenvalue weighted by Crippen LogP contribution is -2.36. The fourth-order valence-corrected chi connectivity index (χ4v) is 3.02. The van der Waals surface area contributed by atoms with Crippen LogP contribution in [-0.4, -0.2) is 43.9 Å². The van der Waals surface area contributed by atoms with Gasteiger partial charge < -0.3 is 19.1 Å². The molecule has 1 aliphatic heterocycles. The number of nitrogens with zero attached hydrogens (tertiary/aromatic N) is 3. The highest BCUT2D eigenvalue weighted by molar-refractivity contribution is 5.48. The summed E-state index contributed by atoms with van der Waals surface area (Å²) >= 11 is 0. The molecule has 1 saturated heterocycles. The second kappa shape index (κ2) is 8.05. The average Bonchev–Trinajstić information content (AvgIpc) is 2.67. The van der Waals surface area contributed by atoms with E-state index in [4.69, 9.17) is 14.2 Å². The average molecular weight is 343 g/mol. The van der Waals surface area contributed by atoms with E-state index in [9.17, 15) is 0 Å². The summed E-state index contributed by atoms with van der Waals surface area (Å²) in [6.45, 7) is 4.53. The van der Waals surface area contributed by atoms with Gasteiger partial charge in [0, 0.05) is 19.2 Å². The fourth-order valence-electron chi connectivity index (χ4n) is 3.02. The molecule has 2 aromatic rings. The van der Waals surface area contributed by atoms with Crippen molar-refractivity contribution in [3.63, 3.8) is 0 Å². The molecule has 1 aromatic heterocycles. The van der Waals surface area contributed by atoms with E-state index >= 15 is 0 Å². The summed E-state index contributed by atoms with van der Waals surface area (Å²) in [4.78, 5) is 11.2. The van der Waals surface area contributed by atoms with E-state index in [1.54, 1.807) is 20.4 Å². The first-order valence-corrected chi connectivity index (χ1v) is 8.59. The van der Waals surface area contributed by atoms with Crippen molar-refractivity contribution in [2.24, 2.45) is 5.92 Å². The molecule has 6 heteroatoms. The molecule has 25 heavy (non-hydrogen) atoms. The number of aryl methyl sites for hydroxylation is 1. The Labute approximate surface area is 148 Å². The minimum absolute atomic E-state index is 0.534. The van der Waals surface area contributed by atoms with E-state index in [-0.39, 0.29) is 0 Å². The molecule has 0 atom stereocenters. The maximum atomic E-state index is 5.94. The van der Waals surface area contributed by atoms with Crippen molar-refractivity contribution in [3.8, 4) is 17.4 Å². The maximum Gasteiger partial charge on any atom is 0.257 e. The summed E-state index contributed by atoms with van der Waals surface area (Å²) < 4.78 is 16.5. The molecular weight excluding hydrogens is 318 g/mol. The van der Waals surface area contributed by atoms with Crippen molar-refractivity contribution >= 4 is 5.82 Å². The molecule has 0 amide bonds. The van der Waals surface area contributed by atoms with Crippen LogP contribution in [0.2, 0.25) is 0 Å². The van der Waals surface area contributed by atoms with Gasteiger partial charge in [-0.2, -0.15) is 0 Å². The van der Waals surface area contributed by atoms with E-state index in [0.29, 0.717) is 11.8 Å². The molecular formula is C19H25N3O3. The van der Waals surface area contributed by atoms with Gasteiger partial charge in [0.05, 0.1) is 32.7 Å². The minimum atomic E-state index is 0.534. The smallest absolute Gasteiger partial charge is 0.257 e. The van der Waals surface area contributed by atoms with Crippen LogP contribution in [0.5, 0.6) is 17.4 Å². The van der Waals surface area contributed by atoms with Crippen molar-refractivity contribution in [1.82, 2.24) is 9.97 Å². The number of rotatable bonds is 6. The lowest BCUT2D eigenvalue weighted by Gasteiger charge is -2.33. The van der Waals surface area contributed by atoms with Crippen molar-refractivity contribution in [3.05, 3.63) is 36.2 Å². The Morgan fingerprint density at radius 3 is 2.60 bits per heavy atom. The lowest BCUT2D eigenvalue weighted by atomic mass is 9.98. The van der Waals surface area contributed by atoms with Crippen molar-refractivity contribution in [1.29, 1.82) is 0 Å². The monoisotopic (exact) mass is 343 g/mol. The number of anilines is 1. The molecule has 0 N–H and O–H groups in total. The number of hydrogen-bond donors (Lipinski definition) is 0. The zero-order chi connectivity index (χ0) is 17.6. The standard InChI is InChI=1S/C19H25N3O3/c1-14-12-20-19(24-3)18(21-14)22-9-7-15(8-10-22)13-25-17-6-4-5-16(11-17)23-2/h4-6,11-12,15H,7-10,13H2,1-3H3. The van der Waals surface area contributed by atoms with E-state index in [2.05, 4.69) is 14.9 Å². The topological polar surface area (TPSA) is 56.7 Å². The number of hydrogen-bond acceptors (Lipinski definition) is 6. The molecule has 0 saturated carbocycles. The summed E-state index contributed by atoms with van der Waals surface area (Å²) in [5, 5.41) is 0. The molecule has 1 aliphatic rings. The zero-order valence-corrected chi connectivity index (χ0v) is 15.1. The molecule has 0 spiro atoms. The fraction of sp³-hybridized carbons (Fsp3) is 0.474. The van der Waals surface area contributed by atoms with Gasteiger partial charge in [-0.15, -0.1) is 0 Å². The van der Waals surface area contributed by atoms with Crippen LogP contribution in [0.15, 0.2) is 30.5 Å². The van der Waals surface area contributed by atoms with E-state index in [0.717, 1.165) is 55.5 Å². The molecule has 0 unspecified atom stereocenters. The molecule has 2 heterocycles. The predicted molar refractivity (Wildman–Crippen MR) is 96.7 cm³/mol. The Balaban J connectivity index is 1.54. The molecule has 3 rings (SSSR count). The molecule has 0 bridgehead atoms. The Kier molecular flexibility index (Phi) is 5.58. The highest BCUT2D eigenvalue weighted by Crippen LogP contribution is 2.28. The maximum absolute atomic E-state index is 5.94. The van der Waals surface area contributed by atoms with Crippen LogP contribution < -0.4 is 19.1 Å². The van der Waals surface area contributed by atoms with E-state index in [1.165, 1.54) is 0 Å². The van der Waals surface area contributed by atoms with Crippen LogP contribution in [0.4, 0.5) is 5.82 Å². The highest BCUT2D eigenvalue weighted by Gasteiger charge is 2.23. The van der Waals surface area contributed by atoms with Crippen molar-refractivity contribution in [2.75, 3.05) is 38.8 Å². The van der Waals surface area contributed by atoms with Gasteiger partial charge in [0.25, 0.3) is 5.88 Å². The molecule has 0 radical (unpaired) electrons. The number of benzene rings is 1. The minimum Gasteiger partial charge on any atom is -0.497 e. The number of piperidine rings is 1. The quantitative estimate of drug-likeness (QED) is 0.803. The highest BCUT2D eigenvalue weighted by atomic mass is 16.5. The molecule has 1 aromatic carbocycles. The van der Waals surface area contributed by atoms with Crippen LogP contribution in [0.1, 0.15) is 18.5 Å². The van der Waals surface area contributed by atoms with Crippen LogP contribution in [0, 0.1) is 12.8 Å². The molecule has 0 aliphatic carbocycles. The van der Waals surface area contributed by atoms with Crippen molar-refractivity contribution < 1.29 is 14.2 Å². The first-order valence-electron chi connectivity index (χ1n) is 8.59. The second-order valence-corrected chi connectivity index (χ2v) is 6.26. The van der Waals surface area contributed by atoms with Gasteiger partial charge >= 0.3 is 0 Å². The number of ether oxygens (including phenoxy) is 3. The van der Waals surface area contributed by atoms with Gasteiger partial charge in [0.1, 0.15) is 11.5 Å². The predicted octanol–water partition coefficient (Wildman–Crippen LogP) is 3.10. The van der Waals surface area contributed by atoms with Crippen LogP contribution in [-0.2, 0) is 0 Å². The summed E-state index contributed by atoms with van der Waals surface area (Å²) in [6.07, 6.45) is 3.85. The Morgan fingerprint density at radius 1 is 1.12 bits per heavy atom. The molecule has 6 nitrogen and oxygen atoms in total. The van der Waals surface area contributed by atoms with Gasteiger partial charge in [-0.1, -0.05) is 6.07 Å². The molecule has 1 fully saturated rings. The largest absolute Gasteiger partial charge is 0.497 e. The third-order valence-corrected chi connectivity index (χ3v) is 4.48. The van der Waals surface area contributed by atoms with Gasteiger partial charge in [0.15, 0.2) is 5.82 Å². The Hall–Kier alpha value is -2.50. The van der Waals surface area contributed by atoms with Gasteiger partial charge in [-0.25, -0.2) is 9.97 Å². The summed E-state index contributed by atoms with van der Waals surface area (Å²) in [7, 11) is 3.30. The van der Waals surface area contributed by atoms with Crippen molar-refractivity contribution in [2.45, 2.75) is 19.8 Å². The number of aromatic nitrogens is 2. The first kappa shape index (κ1) is 17.3. The number of methoxy groups -OCH3 is 2. The van der Waals surface area contributed by atoms with Crippen LogP contribution in [0.25, 0.3) is 0 Å². The van der Waals surface area contributed by atoms with Crippen LogP contribution in [0.3, 0.4) is 0 Å². The third kappa shape index (κ3) is 4.32. The second-order valence-electron chi connectivity index (χ2n) is 6.26. The first-order chi connectivity index (χ1) is 12.2. The SMILES string of the molecule is COc1cccc(OCC2CCN(c3nc(C)cnc3OC)CC2)c1. The molecule has 134 valence electrons. The summed E-state index contributed by atoms with van der Waals surface area (Å²) in [5.41, 5.74) is 0.902. The van der Waals surface area contributed by atoms with Crippen LogP contribution >= 0.6 is 0 Å². The summed E-state index contributed by atoms with van der Waals surface area (Å²) in [5.74, 6) is 3.64. The van der Waals surface area contributed by atoms with E-state index in [1.807, 2.05) is 31.2 Å². The van der Waals surface area contributed by atoms with Gasteiger partial charge in [0.2, 0.25) is 0 Å². The van der Waals surface area contributed by atoms with Gasteiger partial charge in [-0.3, -0.25) is 0 Å².